The number of aryl methyl sites for hydroxylation is 1. The third-order valence-corrected chi connectivity index (χ3v) is 10.3. The Labute approximate surface area is 255 Å². The van der Waals surface area contributed by atoms with Crippen LogP contribution >= 0.6 is 11.3 Å². The van der Waals surface area contributed by atoms with E-state index in [1.54, 1.807) is 0 Å². The summed E-state index contributed by atoms with van der Waals surface area (Å²) in [5.74, 6) is 0. The van der Waals surface area contributed by atoms with Crippen molar-refractivity contribution in [3.05, 3.63) is 150 Å². The lowest BCUT2D eigenvalue weighted by molar-refractivity contribution is 1.02. The summed E-state index contributed by atoms with van der Waals surface area (Å²) in [7, 11) is 0. The Bertz CT molecular complexity index is 2330. The molecule has 8 aromatic rings. The second kappa shape index (κ2) is 9.80. The van der Waals surface area contributed by atoms with Crippen molar-refractivity contribution in [2.45, 2.75) is 12.8 Å². The predicted molar refractivity (Wildman–Crippen MR) is 188 cm³/mol. The molecule has 0 amide bonds. The van der Waals surface area contributed by atoms with E-state index in [0.29, 0.717) is 0 Å². The summed E-state index contributed by atoms with van der Waals surface area (Å²) in [6, 6.07) is 49.5. The quantitative estimate of drug-likeness (QED) is 0.187. The van der Waals surface area contributed by atoms with Crippen LogP contribution in [-0.2, 0) is 6.42 Å². The topological polar surface area (TPSA) is 0 Å². The first kappa shape index (κ1) is 24.6. The van der Waals surface area contributed by atoms with Crippen molar-refractivity contribution < 1.29 is 0 Å². The summed E-state index contributed by atoms with van der Waals surface area (Å²) in [6.07, 6.45) is 6.96. The van der Waals surface area contributed by atoms with Crippen molar-refractivity contribution in [1.82, 2.24) is 0 Å². The van der Waals surface area contributed by atoms with Crippen LogP contribution in [-0.4, -0.2) is 0 Å². The zero-order valence-electron chi connectivity index (χ0n) is 23.7. The van der Waals surface area contributed by atoms with Gasteiger partial charge in [-0.05, 0) is 102 Å². The molecule has 9 rings (SSSR count). The van der Waals surface area contributed by atoms with Gasteiger partial charge in [-0.3, -0.25) is 0 Å². The van der Waals surface area contributed by atoms with Crippen molar-refractivity contribution in [1.29, 1.82) is 0 Å². The van der Waals surface area contributed by atoms with Gasteiger partial charge in [-0.15, -0.1) is 11.3 Å². The fourth-order valence-corrected chi connectivity index (χ4v) is 8.24. The normalized spacial score (nSPS) is 12.8. The molecular formula is C42H28S. The molecule has 0 aliphatic heterocycles. The maximum Gasteiger partial charge on any atom is 0.0352 e. The number of fused-ring (bicyclic) bond motifs is 6. The lowest BCUT2D eigenvalue weighted by atomic mass is 9.85. The smallest absolute Gasteiger partial charge is 0.0352 e. The lowest BCUT2D eigenvalue weighted by Gasteiger charge is -2.18. The lowest BCUT2D eigenvalue weighted by Crippen LogP contribution is -1.91. The predicted octanol–water partition coefficient (Wildman–Crippen LogP) is 12.3. The van der Waals surface area contributed by atoms with E-state index in [9.17, 15) is 0 Å². The largest absolute Gasteiger partial charge is 0.140 e. The molecule has 0 spiro atoms. The van der Waals surface area contributed by atoms with Crippen LogP contribution in [0.3, 0.4) is 0 Å². The molecule has 0 radical (unpaired) electrons. The van der Waals surface area contributed by atoms with E-state index < -0.39 is 0 Å². The van der Waals surface area contributed by atoms with Crippen LogP contribution in [0.2, 0.25) is 0 Å². The van der Waals surface area contributed by atoms with Crippen LogP contribution in [0, 0.1) is 0 Å². The Morgan fingerprint density at radius 3 is 1.74 bits per heavy atom. The van der Waals surface area contributed by atoms with Gasteiger partial charge in [0.2, 0.25) is 0 Å². The van der Waals surface area contributed by atoms with Crippen molar-refractivity contribution in [3.63, 3.8) is 0 Å². The first-order chi connectivity index (χ1) is 21.3. The second-order valence-corrected chi connectivity index (χ2v) is 12.7. The minimum Gasteiger partial charge on any atom is -0.140 e. The molecule has 202 valence electrons. The summed E-state index contributed by atoms with van der Waals surface area (Å²) in [6.45, 7) is 0. The fraction of sp³-hybridized carbons (Fsp3) is 0.0476. The molecule has 0 unspecified atom stereocenters. The van der Waals surface area contributed by atoms with Crippen LogP contribution in [0.4, 0.5) is 0 Å². The second-order valence-electron chi connectivity index (χ2n) is 11.6. The fourth-order valence-electron chi connectivity index (χ4n) is 7.06. The average molecular weight is 565 g/mol. The zero-order chi connectivity index (χ0) is 28.3. The van der Waals surface area contributed by atoms with Crippen molar-refractivity contribution >= 4 is 59.8 Å². The Hall–Kier alpha value is -4.98. The summed E-state index contributed by atoms with van der Waals surface area (Å²) in [5, 5.41) is 9.12. The van der Waals surface area contributed by atoms with Gasteiger partial charge in [0.05, 0.1) is 0 Å². The molecule has 1 aliphatic carbocycles. The van der Waals surface area contributed by atoms with E-state index in [1.165, 1.54) is 86.2 Å². The van der Waals surface area contributed by atoms with E-state index in [1.807, 2.05) is 11.3 Å². The monoisotopic (exact) mass is 564 g/mol. The molecule has 0 nitrogen and oxygen atoms in total. The summed E-state index contributed by atoms with van der Waals surface area (Å²) in [4.78, 5) is 1.52. The summed E-state index contributed by atoms with van der Waals surface area (Å²) in [5.41, 5.74) is 9.07. The molecule has 0 N–H and O–H groups in total. The van der Waals surface area contributed by atoms with Gasteiger partial charge in [-0.1, -0.05) is 127 Å². The number of rotatable bonds is 3. The molecule has 0 atom stereocenters. The van der Waals surface area contributed by atoms with Crippen LogP contribution in [0.25, 0.3) is 81.9 Å². The first-order valence-electron chi connectivity index (χ1n) is 15.1. The highest BCUT2D eigenvalue weighted by molar-refractivity contribution is 7.19. The molecule has 0 saturated heterocycles. The molecule has 0 bridgehead atoms. The Balaban J connectivity index is 1.24. The molecule has 0 fully saturated rings. The number of hydrogen-bond donors (Lipinski definition) is 0. The van der Waals surface area contributed by atoms with Crippen LogP contribution in [0.1, 0.15) is 16.9 Å². The number of hydrogen-bond acceptors (Lipinski definition) is 1. The van der Waals surface area contributed by atoms with E-state index in [2.05, 4.69) is 146 Å². The van der Waals surface area contributed by atoms with E-state index in [4.69, 9.17) is 0 Å². The highest BCUT2D eigenvalue weighted by atomic mass is 32.1. The van der Waals surface area contributed by atoms with Gasteiger partial charge in [0, 0.05) is 15.0 Å². The molecule has 1 aromatic heterocycles. The van der Waals surface area contributed by atoms with Gasteiger partial charge >= 0.3 is 0 Å². The first-order valence-corrected chi connectivity index (χ1v) is 15.9. The van der Waals surface area contributed by atoms with Gasteiger partial charge in [0.25, 0.3) is 0 Å². The highest BCUT2D eigenvalue weighted by Crippen LogP contribution is 2.45. The minimum atomic E-state index is 1.15. The van der Waals surface area contributed by atoms with Gasteiger partial charge in [0.1, 0.15) is 0 Å². The standard InChI is InChI=1S/C42H28S/c1-2-10-30-25-31(22-19-27(30)9-1)28-17-20-29(21-18-28)41-34-12-3-5-14-36(34)42(37-15-6-4-13-35(37)41)32-23-24-40-38(26-32)33-11-7-8-16-39(33)43-40/h1-7,9-15,17-26H,8,16H2. The van der Waals surface area contributed by atoms with Gasteiger partial charge < -0.3 is 0 Å². The number of allylic oxidation sites excluding steroid dienone is 1. The van der Waals surface area contributed by atoms with E-state index in [0.717, 1.165) is 12.8 Å². The third kappa shape index (κ3) is 3.96. The van der Waals surface area contributed by atoms with Crippen molar-refractivity contribution in [2.24, 2.45) is 0 Å². The summed E-state index contributed by atoms with van der Waals surface area (Å²) < 4.78 is 1.39. The molecule has 1 aliphatic rings. The molecule has 7 aromatic carbocycles. The number of thiophene rings is 1. The van der Waals surface area contributed by atoms with Crippen LogP contribution < -0.4 is 0 Å². The van der Waals surface area contributed by atoms with Crippen molar-refractivity contribution in [3.8, 4) is 33.4 Å². The molecule has 1 heteroatoms. The number of benzene rings is 7. The Kier molecular flexibility index (Phi) is 5.61. The van der Waals surface area contributed by atoms with Gasteiger partial charge in [0.15, 0.2) is 0 Å². The maximum atomic E-state index is 2.44. The maximum absolute atomic E-state index is 2.44. The molecule has 43 heavy (non-hydrogen) atoms. The van der Waals surface area contributed by atoms with Gasteiger partial charge in [-0.25, -0.2) is 0 Å². The highest BCUT2D eigenvalue weighted by Gasteiger charge is 2.18. The summed E-state index contributed by atoms with van der Waals surface area (Å²) >= 11 is 1.96. The Morgan fingerprint density at radius 1 is 0.442 bits per heavy atom. The Morgan fingerprint density at radius 2 is 1.02 bits per heavy atom. The van der Waals surface area contributed by atoms with Crippen molar-refractivity contribution in [2.75, 3.05) is 0 Å². The molecule has 1 heterocycles. The van der Waals surface area contributed by atoms with E-state index in [-0.39, 0.29) is 0 Å². The molecular weight excluding hydrogens is 537 g/mol. The SMILES string of the molecule is C1=Cc2c(sc3ccc(-c4c5ccccc5c(-c5ccc(-c6ccc7ccccc7c6)cc5)c5ccccc45)cc23)CC1. The third-order valence-electron chi connectivity index (χ3n) is 9.10. The van der Waals surface area contributed by atoms with Crippen LogP contribution in [0.5, 0.6) is 0 Å². The van der Waals surface area contributed by atoms with E-state index >= 15 is 0 Å². The van der Waals surface area contributed by atoms with Gasteiger partial charge in [-0.2, -0.15) is 0 Å². The zero-order valence-corrected chi connectivity index (χ0v) is 24.5. The van der Waals surface area contributed by atoms with Crippen LogP contribution in [0.15, 0.2) is 140 Å². The minimum absolute atomic E-state index is 1.15. The average Bonchev–Trinajstić information content (AvgIpc) is 3.45. The molecule has 0 saturated carbocycles.